The Kier molecular flexibility index (Phi) is 46.4. The van der Waals surface area contributed by atoms with E-state index in [1.54, 1.807) is 0 Å². The van der Waals surface area contributed by atoms with E-state index in [0.29, 0.717) is 135 Å². The fourth-order valence-corrected chi connectivity index (χ4v) is 25.1. The van der Waals surface area contributed by atoms with Gasteiger partial charge in [-0.25, -0.2) is 14.4 Å². The molecule has 1 aromatic carbocycles. The maximum absolute atomic E-state index is 14.9. The number of ether oxygens (including phenoxy) is 9. The lowest BCUT2D eigenvalue weighted by atomic mass is 9.76. The Hall–Kier alpha value is -6.03. The van der Waals surface area contributed by atoms with Gasteiger partial charge in [0.15, 0.2) is 16.2 Å². The number of nitrogens with zero attached hydrogens (tertiary/aromatic N) is 6. The van der Waals surface area contributed by atoms with Crippen LogP contribution in [0.15, 0.2) is 18.2 Å². The summed E-state index contributed by atoms with van der Waals surface area (Å²) in [6.45, 7) is 50.6. The van der Waals surface area contributed by atoms with Crippen molar-refractivity contribution in [2.24, 2.45) is 16.2 Å². The van der Waals surface area contributed by atoms with Crippen LogP contribution < -0.4 is 0 Å². The van der Waals surface area contributed by atoms with Crippen LogP contribution in [0.1, 0.15) is 533 Å². The standard InChI is InChI=1S/C115H194N6O24/c1-28-31-59-113(95(125)140-86-71-101(4,5)116(131)102(6,7)72-86,96(126)141-87-73-103(8,9)117(132)104(10,11)74-87)62-53-47-41-35-34-38-44-50-56-65-137-92(122)83-68-84(93(123)138-66-57-51-45-39-36-42-48-54-63-114(60-32-29-2,97(127)142-88-75-105(12,13)118(133)106(14,15)76-88)98(128)143-89-77-107(16,17)119(134)108(18,19)78-89)70-85(69-83)94(124)139-67-58-52-46-40-37-43-49-55-64-115(61-33-30-3,99(129)144-90-79-109(20,21)120(135)110(22,23)80-90)100(130)145-91-81-111(24,25)121(136)112(26,27)82-91/h68-70,86-91H,28-67,71-82H2,1-27H3. The summed E-state index contributed by atoms with van der Waals surface area (Å²) in [6, 6.07) is 4.14. The number of carbonyl (C=O) groups is 9. The van der Waals surface area contributed by atoms with Gasteiger partial charge in [-0.15, -0.1) is 61.6 Å². The highest BCUT2D eigenvalue weighted by Crippen LogP contribution is 2.50. The summed E-state index contributed by atoms with van der Waals surface area (Å²) in [4.78, 5) is 132. The van der Waals surface area contributed by atoms with Crippen LogP contribution in [0.5, 0.6) is 0 Å². The minimum atomic E-state index is -1.59. The smallest absolute Gasteiger partial charge is 0.338 e. The first-order valence-corrected chi connectivity index (χ1v) is 56.1. The van der Waals surface area contributed by atoms with Gasteiger partial charge in [-0.05, 0) is 242 Å². The monoisotopic (exact) mass is 2040 g/mol. The molecule has 145 heavy (non-hydrogen) atoms. The van der Waals surface area contributed by atoms with E-state index in [4.69, 9.17) is 42.6 Å². The minimum Gasteiger partial charge on any atom is -0.462 e. The third kappa shape index (κ3) is 34.7. The van der Waals surface area contributed by atoms with Crippen LogP contribution in [0, 0.1) is 16.2 Å². The number of hydrogen-bond acceptors (Lipinski definition) is 24. The molecular formula is C115H194N6O24. The van der Waals surface area contributed by atoms with E-state index in [9.17, 15) is 74.4 Å². The molecule has 1 aromatic rings. The fraction of sp³-hybridized carbons (Fsp3) is 0.870. The summed E-state index contributed by atoms with van der Waals surface area (Å²) < 4.78 is 55.8. The van der Waals surface area contributed by atoms with Crippen molar-refractivity contribution in [2.75, 3.05) is 19.8 Å². The lowest BCUT2D eigenvalue weighted by molar-refractivity contribution is -0.301. The quantitative estimate of drug-likeness (QED) is 0.0253. The number of rotatable bonds is 58. The zero-order valence-corrected chi connectivity index (χ0v) is 94.9. The second kappa shape index (κ2) is 53.5. The van der Waals surface area contributed by atoms with E-state index in [-0.39, 0.29) is 75.0 Å². The van der Waals surface area contributed by atoms with Crippen LogP contribution in [-0.2, 0) is 103 Å². The first-order valence-electron chi connectivity index (χ1n) is 56.1. The molecule has 0 N–H and O–H groups in total. The molecule has 30 nitrogen and oxygen atoms in total. The van der Waals surface area contributed by atoms with Gasteiger partial charge in [0.05, 0.1) is 36.5 Å². The number of hydroxylamine groups is 12. The van der Waals surface area contributed by atoms with Crippen LogP contribution in [-0.4, -0.2) is 207 Å². The van der Waals surface area contributed by atoms with Crippen molar-refractivity contribution in [1.29, 1.82) is 0 Å². The number of hydrogen-bond donors (Lipinski definition) is 0. The van der Waals surface area contributed by atoms with Gasteiger partial charge in [0, 0.05) is 144 Å². The average Bonchev–Trinajstić information content (AvgIpc) is 0.764. The van der Waals surface area contributed by atoms with E-state index in [2.05, 4.69) is 0 Å². The molecule has 0 aliphatic carbocycles. The van der Waals surface area contributed by atoms with E-state index in [1.807, 2.05) is 187 Å². The van der Waals surface area contributed by atoms with E-state index in [0.717, 1.165) is 172 Å². The van der Waals surface area contributed by atoms with Gasteiger partial charge < -0.3 is 42.6 Å². The maximum Gasteiger partial charge on any atom is 0.338 e. The molecule has 0 aromatic heterocycles. The van der Waals surface area contributed by atoms with Gasteiger partial charge in [-0.3, -0.25) is 28.8 Å². The van der Waals surface area contributed by atoms with E-state index >= 15 is 0 Å². The Balaban J connectivity index is 0.939. The van der Waals surface area contributed by atoms with Crippen LogP contribution >= 0.6 is 0 Å². The van der Waals surface area contributed by atoms with Crippen LogP contribution in [0.4, 0.5) is 0 Å². The molecule has 0 saturated carbocycles. The first-order chi connectivity index (χ1) is 67.3. The van der Waals surface area contributed by atoms with E-state index < -0.39 is 173 Å². The van der Waals surface area contributed by atoms with Crippen molar-refractivity contribution < 1.29 is 117 Å². The molecule has 6 aliphatic heterocycles. The molecule has 0 unspecified atom stereocenters. The van der Waals surface area contributed by atoms with Crippen molar-refractivity contribution >= 4 is 53.7 Å². The Morgan fingerprint density at radius 1 is 0.214 bits per heavy atom. The van der Waals surface area contributed by atoms with Crippen LogP contribution in [0.3, 0.4) is 0 Å². The van der Waals surface area contributed by atoms with Crippen LogP contribution in [0.25, 0.3) is 0 Å². The molecule has 30 heteroatoms. The fourth-order valence-electron chi connectivity index (χ4n) is 25.1. The summed E-state index contributed by atoms with van der Waals surface area (Å²) in [5.41, 5.74) is -14.5. The molecule has 6 saturated heterocycles. The zero-order chi connectivity index (χ0) is 109. The highest BCUT2D eigenvalue weighted by molar-refractivity contribution is 6.03. The van der Waals surface area contributed by atoms with Gasteiger partial charge in [0.1, 0.15) is 36.6 Å². The maximum atomic E-state index is 14.9. The summed E-state index contributed by atoms with van der Waals surface area (Å²) in [7, 11) is 0. The molecule has 6 aliphatic rings. The van der Waals surface area contributed by atoms with Crippen molar-refractivity contribution in [3.8, 4) is 0 Å². The molecular weight excluding hydrogens is 1850 g/mol. The number of piperidine rings is 6. The number of carbonyl (C=O) groups excluding carboxylic acids is 9. The molecule has 6 fully saturated rings. The predicted octanol–water partition coefficient (Wildman–Crippen LogP) is 25.1. The molecule has 828 valence electrons. The van der Waals surface area contributed by atoms with Crippen LogP contribution in [0.2, 0.25) is 0 Å². The van der Waals surface area contributed by atoms with Crippen molar-refractivity contribution in [3.63, 3.8) is 0 Å². The molecule has 0 spiro atoms. The normalized spacial score (nSPS) is 21.7. The molecule has 7 rings (SSSR count). The zero-order valence-electron chi connectivity index (χ0n) is 94.9. The summed E-state index contributed by atoms with van der Waals surface area (Å²) in [6.07, 6.45) is 24.8. The number of esters is 9. The molecule has 6 heterocycles. The topological polar surface area (TPSA) is 376 Å². The van der Waals surface area contributed by atoms with Crippen molar-refractivity contribution in [1.82, 2.24) is 30.4 Å². The third-order valence-electron chi connectivity index (χ3n) is 32.3. The lowest BCUT2D eigenvalue weighted by Crippen LogP contribution is -2.61. The van der Waals surface area contributed by atoms with Crippen molar-refractivity contribution in [2.45, 2.75) is 605 Å². The minimum absolute atomic E-state index is 0.00746. The summed E-state index contributed by atoms with van der Waals surface area (Å²) in [5.74, 6) is -5.85. The van der Waals surface area contributed by atoms with Gasteiger partial charge in [-0.1, -0.05) is 201 Å². The largest absolute Gasteiger partial charge is 0.462 e. The molecule has 0 amide bonds. The predicted molar refractivity (Wildman–Crippen MR) is 551 cm³/mol. The Morgan fingerprint density at radius 3 is 0.476 bits per heavy atom. The number of unbranched alkanes of at least 4 members (excludes halogenated alkanes) is 25. The Labute approximate surface area is 872 Å². The average molecular weight is 2040 g/mol. The Morgan fingerprint density at radius 2 is 0.338 bits per heavy atom. The second-order valence-corrected chi connectivity index (χ2v) is 52.0. The van der Waals surface area contributed by atoms with Gasteiger partial charge in [0.25, 0.3) is 0 Å². The highest BCUT2D eigenvalue weighted by atomic mass is 16.6. The summed E-state index contributed by atoms with van der Waals surface area (Å²) >= 11 is 0. The van der Waals surface area contributed by atoms with Gasteiger partial charge >= 0.3 is 53.7 Å². The lowest BCUT2D eigenvalue weighted by Gasteiger charge is -2.50. The molecule has 6 radical (unpaired) electrons. The summed E-state index contributed by atoms with van der Waals surface area (Å²) in [5, 5.41) is 86.8. The SMILES string of the molecule is CCCCC(CCCCCCCCCCCOC(=O)c1cc(C(=O)OCCCCCCCCCCC(CCCC)(C(=O)OC2CC(C)(C)N([O])C(C)(C)C2)C(=O)OC2CC(C)(C)N([O])C(C)(C)C2)cc(C(=O)OCCCCCCCCCCC(CCCC)(C(=O)OC2CC(C)(C)N([O])C(C)(C)C2)C(=O)OC2CC(C)(C)N([O])C(C)(C)C2)c1)(C(=O)OC1CC(C)(C)N([O])C(C)(C)C1)C(=O)OC1CC(C)(C)N([O])C(C)(C)C1. The van der Waals surface area contributed by atoms with Gasteiger partial charge in [0.2, 0.25) is 0 Å². The van der Waals surface area contributed by atoms with Crippen molar-refractivity contribution in [3.05, 3.63) is 34.9 Å². The first kappa shape index (κ1) is 126. The van der Waals surface area contributed by atoms with Gasteiger partial charge in [-0.2, -0.15) is 0 Å². The highest BCUT2D eigenvalue weighted by Gasteiger charge is 2.60. The second-order valence-electron chi connectivity index (χ2n) is 52.0. The Bertz CT molecular complexity index is 3840. The molecule has 0 atom stereocenters. The number of benzene rings is 1. The molecule has 0 bridgehead atoms. The van der Waals surface area contributed by atoms with E-state index in [1.165, 1.54) is 18.2 Å². The third-order valence-corrected chi connectivity index (χ3v) is 32.3.